The van der Waals surface area contributed by atoms with E-state index < -0.39 is 17.4 Å². The smallest absolute Gasteiger partial charge is 0.338 e. The first kappa shape index (κ1) is 55.9. The number of hydrogen-bond donors (Lipinski definition) is 0. The van der Waals surface area contributed by atoms with Crippen molar-refractivity contribution < 1.29 is 57.0 Å². The van der Waals surface area contributed by atoms with Crippen molar-refractivity contribution in [2.45, 2.75) is 139 Å². The van der Waals surface area contributed by atoms with Gasteiger partial charge < -0.3 is 47.4 Å². The van der Waals surface area contributed by atoms with Crippen LogP contribution in [0.15, 0.2) is 72.8 Å². The van der Waals surface area contributed by atoms with Gasteiger partial charge in [-0.15, -0.1) is 0 Å². The second kappa shape index (κ2) is 27.6. The van der Waals surface area contributed by atoms with Gasteiger partial charge in [0.05, 0.1) is 80.5 Å². The minimum Gasteiger partial charge on any atom is -0.493 e. The molecule has 0 radical (unpaired) electrons. The van der Waals surface area contributed by atoms with Gasteiger partial charge in [-0.1, -0.05) is 117 Å². The van der Waals surface area contributed by atoms with Gasteiger partial charge >= 0.3 is 11.9 Å². The predicted octanol–water partition coefficient (Wildman–Crippen LogP) is 13.6. The maximum Gasteiger partial charge on any atom is 0.338 e. The van der Waals surface area contributed by atoms with E-state index in [-0.39, 0.29) is 87.0 Å². The quantitative estimate of drug-likeness (QED) is 0.0176. The third-order valence-electron chi connectivity index (χ3n) is 11.5. The van der Waals surface area contributed by atoms with Gasteiger partial charge in [0.25, 0.3) is 0 Å². The zero-order valence-electron chi connectivity index (χ0n) is 44.2. The fourth-order valence-corrected chi connectivity index (χ4v) is 8.56. The summed E-state index contributed by atoms with van der Waals surface area (Å²) in [4.78, 5) is 27.9. The molecule has 0 aliphatic heterocycles. The van der Waals surface area contributed by atoms with Crippen molar-refractivity contribution in [1.82, 2.24) is 0 Å². The molecule has 4 aromatic carbocycles. The fraction of sp³-hybridized carbons (Fsp3) is 0.492. The van der Waals surface area contributed by atoms with E-state index in [1.807, 2.05) is 79.7 Å². The minimum absolute atomic E-state index is 0.0241. The molecule has 0 fully saturated rings. The summed E-state index contributed by atoms with van der Waals surface area (Å²) < 4.78 is 68.3. The van der Waals surface area contributed by atoms with Gasteiger partial charge in [0.2, 0.25) is 11.5 Å². The Labute approximate surface area is 422 Å². The summed E-state index contributed by atoms with van der Waals surface area (Å²) in [5.41, 5.74) is 4.43. The Hall–Kier alpha value is -5.98. The van der Waals surface area contributed by atoms with Gasteiger partial charge in [-0.05, 0) is 87.5 Å². The molecule has 5 rings (SSSR count). The Balaban J connectivity index is 2.32. The number of benzene rings is 4. The second-order valence-electron chi connectivity index (χ2n) is 17.7. The van der Waals surface area contributed by atoms with E-state index in [9.17, 15) is 9.59 Å². The van der Waals surface area contributed by atoms with Crippen molar-refractivity contribution in [2.75, 3.05) is 52.9 Å². The van der Waals surface area contributed by atoms with Crippen LogP contribution >= 0.6 is 0 Å². The molecule has 0 N–H and O–H groups in total. The number of ether oxygens (including phenoxy) is 10. The van der Waals surface area contributed by atoms with Crippen molar-refractivity contribution in [3.63, 3.8) is 0 Å². The Bertz CT molecular complexity index is 2280. The molecular formula is C59H78O12. The highest BCUT2D eigenvalue weighted by Gasteiger charge is 2.56. The molecule has 4 aromatic rings. The summed E-state index contributed by atoms with van der Waals surface area (Å²) in [5.74, 6) is 0.676. The average molecular weight is 979 g/mol. The average Bonchev–Trinajstić information content (AvgIpc) is 3.66. The van der Waals surface area contributed by atoms with Crippen LogP contribution in [-0.2, 0) is 37.7 Å². The molecule has 386 valence electrons. The van der Waals surface area contributed by atoms with Crippen LogP contribution in [0.2, 0.25) is 0 Å². The summed E-state index contributed by atoms with van der Waals surface area (Å²) in [6, 6.07) is 16.5. The Kier molecular flexibility index (Phi) is 21.7. The van der Waals surface area contributed by atoms with Crippen molar-refractivity contribution >= 4 is 11.9 Å². The second-order valence-corrected chi connectivity index (χ2v) is 17.7. The Morgan fingerprint density at radius 1 is 0.408 bits per heavy atom. The SMILES string of the molecule is C=C(C)C(=O)Oc1c(COCCC)c(OCCC)c(C2(c3c(OCCC)c(COCCC)c(OC(=O)C(=C)C)c(OCCC)c3OCCC)c3ccccc3-c3ccccc32)c(OCCC)c1OCCC. The number of carbonyl (C=O) groups excluding carboxylic acids is 2. The summed E-state index contributed by atoms with van der Waals surface area (Å²) in [6.45, 7) is 29.6. The van der Waals surface area contributed by atoms with Crippen molar-refractivity contribution in [1.29, 1.82) is 0 Å². The fourth-order valence-electron chi connectivity index (χ4n) is 8.56. The maximum atomic E-state index is 13.9. The van der Waals surface area contributed by atoms with E-state index >= 15 is 0 Å². The zero-order valence-corrected chi connectivity index (χ0v) is 44.2. The summed E-state index contributed by atoms with van der Waals surface area (Å²) in [6.07, 6.45) is 5.18. The monoisotopic (exact) mass is 979 g/mol. The molecule has 1 aliphatic carbocycles. The van der Waals surface area contributed by atoms with E-state index in [0.29, 0.717) is 97.0 Å². The number of hydrogen-bond acceptors (Lipinski definition) is 12. The van der Waals surface area contributed by atoms with Crippen LogP contribution in [0.25, 0.3) is 11.1 Å². The molecule has 0 spiro atoms. The molecule has 71 heavy (non-hydrogen) atoms. The predicted molar refractivity (Wildman–Crippen MR) is 279 cm³/mol. The van der Waals surface area contributed by atoms with Crippen LogP contribution < -0.4 is 37.9 Å². The zero-order chi connectivity index (χ0) is 51.5. The van der Waals surface area contributed by atoms with Gasteiger partial charge in [-0.3, -0.25) is 0 Å². The van der Waals surface area contributed by atoms with E-state index in [4.69, 9.17) is 47.4 Å². The molecule has 12 nitrogen and oxygen atoms in total. The molecule has 0 saturated carbocycles. The van der Waals surface area contributed by atoms with Gasteiger partial charge in [0.1, 0.15) is 11.5 Å². The largest absolute Gasteiger partial charge is 0.493 e. The topological polar surface area (TPSA) is 126 Å². The van der Waals surface area contributed by atoms with Gasteiger partial charge in [-0.2, -0.15) is 0 Å². The molecule has 1 aliphatic rings. The lowest BCUT2D eigenvalue weighted by Crippen LogP contribution is -2.33. The highest BCUT2D eigenvalue weighted by atomic mass is 16.6. The lowest BCUT2D eigenvalue weighted by molar-refractivity contribution is -0.131. The van der Waals surface area contributed by atoms with Gasteiger partial charge in [0.15, 0.2) is 23.0 Å². The van der Waals surface area contributed by atoms with Crippen LogP contribution in [0.1, 0.15) is 154 Å². The van der Waals surface area contributed by atoms with Gasteiger partial charge in [-0.25, -0.2) is 9.59 Å². The molecular weight excluding hydrogens is 901 g/mol. The van der Waals surface area contributed by atoms with Crippen molar-refractivity contribution in [3.8, 4) is 57.1 Å². The summed E-state index contributed by atoms with van der Waals surface area (Å²) in [7, 11) is 0. The lowest BCUT2D eigenvalue weighted by Gasteiger charge is -2.40. The third-order valence-corrected chi connectivity index (χ3v) is 11.5. The van der Waals surface area contributed by atoms with E-state index in [1.165, 1.54) is 0 Å². The highest BCUT2D eigenvalue weighted by Crippen LogP contribution is 2.68. The lowest BCUT2D eigenvalue weighted by atomic mass is 9.65. The first-order valence-corrected chi connectivity index (χ1v) is 25.8. The Morgan fingerprint density at radius 3 is 1.01 bits per heavy atom. The summed E-state index contributed by atoms with van der Waals surface area (Å²) >= 11 is 0. The molecule has 0 unspecified atom stereocenters. The van der Waals surface area contributed by atoms with E-state index in [2.05, 4.69) is 37.4 Å². The van der Waals surface area contributed by atoms with Crippen LogP contribution in [0.3, 0.4) is 0 Å². The third kappa shape index (κ3) is 12.2. The standard InChI is InChI=1S/C59H78O12/c1-13-29-62-37-43-49(64-31-15-3)47(53(66-33-17-5)55(68-35-19-7)51(43)70-57(60)39(9)10)59(45-27-23-21-25-41(45)42-26-22-24-28-46(42)59)48-50(65-32-16-4)44(38-63-30-14-2)52(71-58(61)40(11)12)56(69-36-20-8)54(48)67-34-18-6/h21-28H,9,11,13-20,29-38H2,1-8,10,12H3. The molecule has 0 aromatic heterocycles. The van der Waals surface area contributed by atoms with Crippen molar-refractivity contribution in [2.24, 2.45) is 0 Å². The van der Waals surface area contributed by atoms with E-state index in [0.717, 1.165) is 35.1 Å². The van der Waals surface area contributed by atoms with Crippen LogP contribution in [0, 0.1) is 0 Å². The van der Waals surface area contributed by atoms with Gasteiger partial charge in [0, 0.05) is 24.4 Å². The van der Waals surface area contributed by atoms with Crippen LogP contribution in [0.5, 0.6) is 46.0 Å². The first-order valence-electron chi connectivity index (χ1n) is 25.8. The van der Waals surface area contributed by atoms with Crippen LogP contribution in [-0.4, -0.2) is 64.8 Å². The number of esters is 2. The molecule has 0 atom stereocenters. The maximum absolute atomic E-state index is 13.9. The minimum atomic E-state index is -1.49. The van der Waals surface area contributed by atoms with Crippen LogP contribution in [0.4, 0.5) is 0 Å². The molecule has 12 heteroatoms. The molecule has 0 bridgehead atoms. The summed E-state index contributed by atoms with van der Waals surface area (Å²) in [5, 5.41) is 0. The Morgan fingerprint density at radius 2 is 0.704 bits per heavy atom. The number of fused-ring (bicyclic) bond motifs is 3. The highest BCUT2D eigenvalue weighted by molar-refractivity contribution is 5.94. The normalized spacial score (nSPS) is 12.1. The number of rotatable bonds is 32. The first-order chi connectivity index (χ1) is 34.5. The number of carbonyl (C=O) groups is 2. The van der Waals surface area contributed by atoms with E-state index in [1.54, 1.807) is 13.8 Å². The molecule has 0 amide bonds. The molecule has 0 heterocycles. The molecule has 0 saturated heterocycles. The van der Waals surface area contributed by atoms with Crippen molar-refractivity contribution in [3.05, 3.63) is 106 Å².